The van der Waals surface area contributed by atoms with E-state index in [1.807, 2.05) is 50.2 Å². The topological polar surface area (TPSA) is 96.0 Å². The number of methoxy groups -OCH3 is 1. The van der Waals surface area contributed by atoms with Crippen molar-refractivity contribution in [2.75, 3.05) is 30.8 Å². The van der Waals surface area contributed by atoms with Crippen molar-refractivity contribution < 1.29 is 22.7 Å². The molecule has 3 rings (SSSR count). The van der Waals surface area contributed by atoms with Crippen molar-refractivity contribution in [1.82, 2.24) is 10.2 Å². The van der Waals surface area contributed by atoms with Crippen LogP contribution in [0.5, 0.6) is 5.75 Å². The summed E-state index contributed by atoms with van der Waals surface area (Å²) in [6.45, 7) is 3.85. The molecule has 0 bridgehead atoms. The number of benzene rings is 3. The molecule has 0 aromatic heterocycles. The van der Waals surface area contributed by atoms with Crippen LogP contribution in [0.25, 0.3) is 0 Å². The van der Waals surface area contributed by atoms with Gasteiger partial charge >= 0.3 is 0 Å². The third-order valence-electron chi connectivity index (χ3n) is 6.26. The lowest BCUT2D eigenvalue weighted by atomic mass is 10.0. The molecule has 2 amide bonds. The minimum Gasteiger partial charge on any atom is -0.497 e. The van der Waals surface area contributed by atoms with Crippen molar-refractivity contribution >= 4 is 50.7 Å². The monoisotopic (exact) mass is 619 g/mol. The summed E-state index contributed by atoms with van der Waals surface area (Å²) in [6, 6.07) is 19.9. The molecule has 8 nitrogen and oxygen atoms in total. The fourth-order valence-electron chi connectivity index (χ4n) is 4.24. The SMILES string of the molecule is COc1cccc(CN(C(=O)CN(c2cc(Cl)cc(Cl)c2)S(C)(=O)=O)[C@H](Cc2ccccc2)C(=O)NCC(C)C)c1. The molecule has 0 aliphatic rings. The molecule has 41 heavy (non-hydrogen) atoms. The molecule has 0 heterocycles. The Labute approximate surface area is 252 Å². The Morgan fingerprint density at radius 3 is 2.15 bits per heavy atom. The van der Waals surface area contributed by atoms with Crippen molar-refractivity contribution in [3.05, 3.63) is 94.0 Å². The molecule has 0 radical (unpaired) electrons. The number of hydrogen-bond acceptors (Lipinski definition) is 5. The molecule has 0 saturated carbocycles. The first-order valence-electron chi connectivity index (χ1n) is 13.0. The van der Waals surface area contributed by atoms with Crippen LogP contribution in [0.1, 0.15) is 25.0 Å². The lowest BCUT2D eigenvalue weighted by molar-refractivity contribution is -0.140. The maximum absolute atomic E-state index is 14.1. The van der Waals surface area contributed by atoms with Crippen molar-refractivity contribution in [2.24, 2.45) is 5.92 Å². The Hall–Kier alpha value is -3.27. The van der Waals surface area contributed by atoms with E-state index in [1.54, 1.807) is 25.3 Å². The zero-order valence-electron chi connectivity index (χ0n) is 23.5. The van der Waals surface area contributed by atoms with Crippen LogP contribution in [-0.4, -0.2) is 57.6 Å². The number of carbonyl (C=O) groups excluding carboxylic acids is 2. The van der Waals surface area contributed by atoms with Gasteiger partial charge in [0, 0.05) is 29.6 Å². The molecule has 0 aliphatic heterocycles. The van der Waals surface area contributed by atoms with Crippen molar-refractivity contribution in [1.29, 1.82) is 0 Å². The van der Waals surface area contributed by atoms with Crippen LogP contribution in [0, 0.1) is 5.92 Å². The van der Waals surface area contributed by atoms with E-state index >= 15 is 0 Å². The molecule has 1 N–H and O–H groups in total. The summed E-state index contributed by atoms with van der Waals surface area (Å²) in [4.78, 5) is 29.2. The first kappa shape index (κ1) is 32.2. The average Bonchev–Trinajstić information content (AvgIpc) is 2.91. The normalized spacial score (nSPS) is 12.1. The highest BCUT2D eigenvalue weighted by Gasteiger charge is 2.33. The first-order chi connectivity index (χ1) is 19.4. The van der Waals surface area contributed by atoms with Crippen LogP contribution in [0.15, 0.2) is 72.8 Å². The summed E-state index contributed by atoms with van der Waals surface area (Å²) in [5.74, 6) is -0.136. The largest absolute Gasteiger partial charge is 0.497 e. The van der Waals surface area contributed by atoms with E-state index in [2.05, 4.69) is 5.32 Å². The molecular weight excluding hydrogens is 585 g/mol. The second kappa shape index (κ2) is 14.6. The van der Waals surface area contributed by atoms with Crippen LogP contribution < -0.4 is 14.4 Å². The number of hydrogen-bond donors (Lipinski definition) is 1. The van der Waals surface area contributed by atoms with Gasteiger partial charge in [-0.15, -0.1) is 0 Å². The van der Waals surface area contributed by atoms with Gasteiger partial charge < -0.3 is 15.0 Å². The van der Waals surface area contributed by atoms with Gasteiger partial charge in [0.1, 0.15) is 18.3 Å². The zero-order chi connectivity index (χ0) is 30.2. The van der Waals surface area contributed by atoms with E-state index < -0.39 is 28.5 Å². The summed E-state index contributed by atoms with van der Waals surface area (Å²) in [6.07, 6.45) is 1.22. The van der Waals surface area contributed by atoms with E-state index in [1.165, 1.54) is 23.1 Å². The highest BCUT2D eigenvalue weighted by atomic mass is 35.5. The number of amides is 2. The molecular formula is C30H35Cl2N3O5S. The van der Waals surface area contributed by atoms with Crippen LogP contribution in [0.3, 0.4) is 0 Å². The standard InChI is InChI=1S/C30H35Cl2N3O5S/c1-21(2)18-33-30(37)28(14-22-9-6-5-7-10-22)34(19-23-11-8-12-27(13-23)40-3)29(36)20-35(41(4,38)39)26-16-24(31)15-25(32)17-26/h5-13,15-17,21,28H,14,18-20H2,1-4H3,(H,33,37)/t28-/m1/s1. The number of halogens is 2. The van der Waals surface area contributed by atoms with Gasteiger partial charge in [-0.25, -0.2) is 8.42 Å². The van der Waals surface area contributed by atoms with Gasteiger partial charge in [-0.3, -0.25) is 13.9 Å². The predicted molar refractivity (Wildman–Crippen MR) is 164 cm³/mol. The van der Waals surface area contributed by atoms with Crippen LogP contribution >= 0.6 is 23.2 Å². The van der Waals surface area contributed by atoms with Gasteiger partial charge in [-0.05, 0) is 47.4 Å². The fraction of sp³-hybridized carbons (Fsp3) is 0.333. The number of carbonyl (C=O) groups is 2. The van der Waals surface area contributed by atoms with E-state index in [4.69, 9.17) is 27.9 Å². The van der Waals surface area contributed by atoms with Gasteiger partial charge in [-0.2, -0.15) is 0 Å². The Morgan fingerprint density at radius 1 is 0.927 bits per heavy atom. The van der Waals surface area contributed by atoms with E-state index in [-0.39, 0.29) is 40.5 Å². The number of anilines is 1. The van der Waals surface area contributed by atoms with Crippen molar-refractivity contribution in [3.8, 4) is 5.75 Å². The van der Waals surface area contributed by atoms with Crippen LogP contribution in [0.2, 0.25) is 10.0 Å². The number of ether oxygens (including phenoxy) is 1. The molecule has 0 unspecified atom stereocenters. The minimum absolute atomic E-state index is 0.0382. The molecule has 220 valence electrons. The quantitative estimate of drug-likeness (QED) is 0.284. The Kier molecular flexibility index (Phi) is 11.5. The number of nitrogens with one attached hydrogen (secondary N) is 1. The molecule has 3 aromatic carbocycles. The summed E-state index contributed by atoms with van der Waals surface area (Å²) < 4.78 is 32.1. The summed E-state index contributed by atoms with van der Waals surface area (Å²) >= 11 is 12.3. The smallest absolute Gasteiger partial charge is 0.244 e. The van der Waals surface area contributed by atoms with Gasteiger partial charge in [-0.1, -0.05) is 79.5 Å². The molecule has 1 atom stereocenters. The molecule has 3 aromatic rings. The van der Waals surface area contributed by atoms with Gasteiger partial charge in [0.15, 0.2) is 0 Å². The molecule has 11 heteroatoms. The summed E-state index contributed by atoms with van der Waals surface area (Å²) in [5, 5.41) is 3.39. The Bertz CT molecular complexity index is 1430. The van der Waals surface area contributed by atoms with Crippen molar-refractivity contribution in [3.63, 3.8) is 0 Å². The summed E-state index contributed by atoms with van der Waals surface area (Å²) in [7, 11) is -2.40. The third-order valence-corrected chi connectivity index (χ3v) is 7.83. The number of nitrogens with zero attached hydrogens (tertiary/aromatic N) is 2. The van der Waals surface area contributed by atoms with Crippen LogP contribution in [0.4, 0.5) is 5.69 Å². The lowest BCUT2D eigenvalue weighted by Crippen LogP contribution is -2.53. The van der Waals surface area contributed by atoms with Crippen LogP contribution in [-0.2, 0) is 32.6 Å². The lowest BCUT2D eigenvalue weighted by Gasteiger charge is -2.33. The highest BCUT2D eigenvalue weighted by molar-refractivity contribution is 7.92. The highest BCUT2D eigenvalue weighted by Crippen LogP contribution is 2.28. The molecule has 0 aliphatic carbocycles. The van der Waals surface area contributed by atoms with Gasteiger partial charge in [0.2, 0.25) is 21.8 Å². The van der Waals surface area contributed by atoms with E-state index in [0.717, 1.165) is 16.1 Å². The zero-order valence-corrected chi connectivity index (χ0v) is 25.8. The second-order valence-electron chi connectivity index (χ2n) is 10.1. The van der Waals surface area contributed by atoms with E-state index in [0.29, 0.717) is 17.9 Å². The predicted octanol–water partition coefficient (Wildman–Crippen LogP) is 5.18. The first-order valence-corrected chi connectivity index (χ1v) is 15.7. The fourth-order valence-corrected chi connectivity index (χ4v) is 5.59. The Morgan fingerprint density at radius 2 is 1.56 bits per heavy atom. The van der Waals surface area contributed by atoms with Crippen molar-refractivity contribution in [2.45, 2.75) is 32.9 Å². The maximum atomic E-state index is 14.1. The molecule has 0 saturated heterocycles. The Balaban J connectivity index is 2.08. The molecule has 0 fully saturated rings. The third kappa shape index (κ3) is 9.66. The summed E-state index contributed by atoms with van der Waals surface area (Å²) in [5.41, 5.74) is 1.70. The number of rotatable bonds is 13. The molecule has 0 spiro atoms. The minimum atomic E-state index is -3.94. The van der Waals surface area contributed by atoms with E-state index in [9.17, 15) is 18.0 Å². The number of sulfonamides is 1. The second-order valence-corrected chi connectivity index (χ2v) is 12.9. The average molecular weight is 621 g/mol. The maximum Gasteiger partial charge on any atom is 0.244 e. The van der Waals surface area contributed by atoms with Gasteiger partial charge in [0.25, 0.3) is 0 Å². The van der Waals surface area contributed by atoms with Gasteiger partial charge in [0.05, 0.1) is 19.1 Å².